The van der Waals surface area contributed by atoms with E-state index >= 15 is 0 Å². The Morgan fingerprint density at radius 3 is 2.74 bits per heavy atom. The first-order valence-electron chi connectivity index (χ1n) is 8.15. The van der Waals surface area contributed by atoms with Gasteiger partial charge in [-0.1, -0.05) is 23.7 Å². The van der Waals surface area contributed by atoms with Crippen LogP contribution in [-0.2, 0) is 0 Å². The van der Waals surface area contributed by atoms with E-state index in [0.717, 1.165) is 10.9 Å². The quantitative estimate of drug-likeness (QED) is 0.560. The number of rotatable bonds is 3. The van der Waals surface area contributed by atoms with E-state index in [9.17, 15) is 4.79 Å². The lowest BCUT2D eigenvalue weighted by atomic mass is 10.1. The molecule has 0 aliphatic carbocycles. The third kappa shape index (κ3) is 3.56. The molecule has 0 saturated carbocycles. The Hall–Kier alpha value is -3.51. The summed E-state index contributed by atoms with van der Waals surface area (Å²) in [5.74, 6) is -0.0695. The van der Waals surface area contributed by atoms with Crippen molar-refractivity contribution in [3.63, 3.8) is 0 Å². The van der Waals surface area contributed by atoms with Crippen LogP contribution >= 0.6 is 11.6 Å². The molecule has 1 amide bonds. The van der Waals surface area contributed by atoms with Crippen LogP contribution in [0.25, 0.3) is 22.2 Å². The average Bonchev–Trinajstić information content (AvgIpc) is 2.68. The standard InChI is InChI=1S/C20H14ClN5O/c21-14-6-7-17-16(10-14)18(26-20(22)25-17)12-3-1-5-15(9-12)24-19(27)13-4-2-8-23-11-13/h1-11H,(H,24,27)(H2,22,25,26). The fourth-order valence-electron chi connectivity index (χ4n) is 2.78. The number of nitrogens with two attached hydrogens (primary N) is 1. The van der Waals surface area contributed by atoms with Gasteiger partial charge < -0.3 is 11.1 Å². The molecule has 3 N–H and O–H groups in total. The van der Waals surface area contributed by atoms with Crippen LogP contribution < -0.4 is 11.1 Å². The van der Waals surface area contributed by atoms with E-state index < -0.39 is 0 Å². The highest BCUT2D eigenvalue weighted by molar-refractivity contribution is 6.31. The summed E-state index contributed by atoms with van der Waals surface area (Å²) in [4.78, 5) is 24.9. The predicted octanol–water partition coefficient (Wildman–Crippen LogP) is 4.18. The molecule has 7 heteroatoms. The maximum atomic E-state index is 12.4. The Labute approximate surface area is 160 Å². The molecule has 2 heterocycles. The highest BCUT2D eigenvalue weighted by atomic mass is 35.5. The van der Waals surface area contributed by atoms with Crippen molar-refractivity contribution in [1.29, 1.82) is 0 Å². The number of hydrogen-bond donors (Lipinski definition) is 2. The fraction of sp³-hybridized carbons (Fsp3) is 0. The molecule has 0 bridgehead atoms. The van der Waals surface area contributed by atoms with E-state index in [1.54, 1.807) is 42.6 Å². The summed E-state index contributed by atoms with van der Waals surface area (Å²) in [6.45, 7) is 0. The number of aromatic nitrogens is 3. The molecule has 0 saturated heterocycles. The van der Waals surface area contributed by atoms with E-state index in [1.807, 2.05) is 18.2 Å². The van der Waals surface area contributed by atoms with Gasteiger partial charge in [0.15, 0.2) is 0 Å². The summed E-state index contributed by atoms with van der Waals surface area (Å²) < 4.78 is 0. The number of halogens is 1. The molecule has 0 aliphatic rings. The normalized spacial score (nSPS) is 10.7. The molecule has 0 fully saturated rings. The van der Waals surface area contributed by atoms with Gasteiger partial charge in [-0.25, -0.2) is 9.97 Å². The van der Waals surface area contributed by atoms with Crippen molar-refractivity contribution >= 4 is 40.0 Å². The minimum absolute atomic E-state index is 0.171. The van der Waals surface area contributed by atoms with Gasteiger partial charge >= 0.3 is 0 Å². The summed E-state index contributed by atoms with van der Waals surface area (Å²) in [7, 11) is 0. The van der Waals surface area contributed by atoms with E-state index in [-0.39, 0.29) is 11.9 Å². The molecule has 2 aromatic carbocycles. The van der Waals surface area contributed by atoms with Crippen LogP contribution in [0.3, 0.4) is 0 Å². The summed E-state index contributed by atoms with van der Waals surface area (Å²) in [5.41, 5.74) is 9.12. The van der Waals surface area contributed by atoms with Crippen LogP contribution in [0, 0.1) is 0 Å². The van der Waals surface area contributed by atoms with Gasteiger partial charge in [-0.05, 0) is 42.5 Å². The number of fused-ring (bicyclic) bond motifs is 1. The zero-order chi connectivity index (χ0) is 18.8. The molecule has 4 rings (SSSR count). The minimum atomic E-state index is -0.240. The molecule has 27 heavy (non-hydrogen) atoms. The topological polar surface area (TPSA) is 93.8 Å². The van der Waals surface area contributed by atoms with Crippen molar-refractivity contribution in [3.8, 4) is 11.3 Å². The predicted molar refractivity (Wildman–Crippen MR) is 107 cm³/mol. The van der Waals surface area contributed by atoms with Crippen LogP contribution in [0.5, 0.6) is 0 Å². The molecule has 2 aromatic heterocycles. The first kappa shape index (κ1) is 16.9. The third-order valence-electron chi connectivity index (χ3n) is 3.99. The van der Waals surface area contributed by atoms with Gasteiger partial charge in [0.05, 0.1) is 16.8 Å². The van der Waals surface area contributed by atoms with Crippen LogP contribution in [0.2, 0.25) is 5.02 Å². The lowest BCUT2D eigenvalue weighted by Crippen LogP contribution is -2.12. The van der Waals surface area contributed by atoms with E-state index in [1.165, 1.54) is 6.20 Å². The molecule has 0 atom stereocenters. The number of anilines is 2. The summed E-state index contributed by atoms with van der Waals surface area (Å²) in [6.07, 6.45) is 3.13. The van der Waals surface area contributed by atoms with Gasteiger partial charge in [-0.15, -0.1) is 0 Å². The molecule has 6 nitrogen and oxygen atoms in total. The smallest absolute Gasteiger partial charge is 0.257 e. The van der Waals surface area contributed by atoms with Gasteiger partial charge in [0, 0.05) is 34.1 Å². The lowest BCUT2D eigenvalue weighted by molar-refractivity contribution is 0.102. The molecule has 0 unspecified atom stereocenters. The lowest BCUT2D eigenvalue weighted by Gasteiger charge is -2.10. The highest BCUT2D eigenvalue weighted by Crippen LogP contribution is 2.30. The van der Waals surface area contributed by atoms with Crippen molar-refractivity contribution in [2.75, 3.05) is 11.1 Å². The highest BCUT2D eigenvalue weighted by Gasteiger charge is 2.11. The summed E-state index contributed by atoms with van der Waals surface area (Å²) in [6, 6.07) is 16.1. The number of hydrogen-bond acceptors (Lipinski definition) is 5. The zero-order valence-corrected chi connectivity index (χ0v) is 14.8. The Balaban J connectivity index is 1.74. The average molecular weight is 376 g/mol. The first-order chi connectivity index (χ1) is 13.1. The number of carbonyl (C=O) groups excluding carboxylic acids is 1. The van der Waals surface area contributed by atoms with Crippen molar-refractivity contribution in [1.82, 2.24) is 15.0 Å². The molecule has 4 aromatic rings. The molecule has 0 spiro atoms. The van der Waals surface area contributed by atoms with Crippen molar-refractivity contribution in [3.05, 3.63) is 77.6 Å². The maximum absolute atomic E-state index is 12.4. The van der Waals surface area contributed by atoms with E-state index in [4.69, 9.17) is 17.3 Å². The van der Waals surface area contributed by atoms with E-state index in [2.05, 4.69) is 20.3 Å². The van der Waals surface area contributed by atoms with Crippen LogP contribution in [0.15, 0.2) is 67.0 Å². The SMILES string of the molecule is Nc1nc(-c2cccc(NC(=O)c3cccnc3)c2)c2cc(Cl)ccc2n1. The molecular formula is C20H14ClN5O. The monoisotopic (exact) mass is 375 g/mol. The van der Waals surface area contributed by atoms with Gasteiger partial charge in [-0.2, -0.15) is 0 Å². The maximum Gasteiger partial charge on any atom is 0.257 e. The Morgan fingerprint density at radius 2 is 1.93 bits per heavy atom. The number of nitrogens with one attached hydrogen (secondary N) is 1. The van der Waals surface area contributed by atoms with Gasteiger partial charge in [-0.3, -0.25) is 9.78 Å². The van der Waals surface area contributed by atoms with Crippen molar-refractivity contribution < 1.29 is 4.79 Å². The third-order valence-corrected chi connectivity index (χ3v) is 4.23. The molecule has 132 valence electrons. The second kappa shape index (κ2) is 7.01. The first-order valence-corrected chi connectivity index (χ1v) is 8.52. The number of pyridine rings is 1. The Morgan fingerprint density at radius 1 is 1.04 bits per heavy atom. The number of nitrogen functional groups attached to an aromatic ring is 1. The Bertz CT molecular complexity index is 1150. The number of nitrogens with zero attached hydrogens (tertiary/aromatic N) is 3. The van der Waals surface area contributed by atoms with Crippen molar-refractivity contribution in [2.45, 2.75) is 0 Å². The van der Waals surface area contributed by atoms with Crippen LogP contribution in [-0.4, -0.2) is 20.9 Å². The molecular weight excluding hydrogens is 362 g/mol. The fourth-order valence-corrected chi connectivity index (χ4v) is 2.96. The number of carbonyl (C=O) groups is 1. The number of amides is 1. The number of benzene rings is 2. The molecule has 0 aliphatic heterocycles. The van der Waals surface area contributed by atoms with Gasteiger partial charge in [0.2, 0.25) is 5.95 Å². The zero-order valence-electron chi connectivity index (χ0n) is 14.1. The van der Waals surface area contributed by atoms with Crippen LogP contribution in [0.1, 0.15) is 10.4 Å². The Kier molecular flexibility index (Phi) is 4.40. The summed E-state index contributed by atoms with van der Waals surface area (Å²) >= 11 is 6.14. The molecule has 0 radical (unpaired) electrons. The van der Waals surface area contributed by atoms with Gasteiger partial charge in [0.1, 0.15) is 0 Å². The van der Waals surface area contributed by atoms with E-state index in [0.29, 0.717) is 27.5 Å². The summed E-state index contributed by atoms with van der Waals surface area (Å²) in [5, 5.41) is 4.23. The largest absolute Gasteiger partial charge is 0.368 e. The second-order valence-electron chi connectivity index (χ2n) is 5.87. The minimum Gasteiger partial charge on any atom is -0.368 e. The van der Waals surface area contributed by atoms with Gasteiger partial charge in [0.25, 0.3) is 5.91 Å². The van der Waals surface area contributed by atoms with Crippen molar-refractivity contribution in [2.24, 2.45) is 0 Å². The second-order valence-corrected chi connectivity index (χ2v) is 6.30. The van der Waals surface area contributed by atoms with Crippen LogP contribution in [0.4, 0.5) is 11.6 Å².